The van der Waals surface area contributed by atoms with Crippen LogP contribution in [0.15, 0.2) is 60.7 Å². The van der Waals surface area contributed by atoms with Crippen molar-refractivity contribution in [1.29, 1.82) is 0 Å². The second-order valence-electron chi connectivity index (χ2n) is 9.11. The lowest BCUT2D eigenvalue weighted by atomic mass is 10.0. The van der Waals surface area contributed by atoms with Crippen molar-refractivity contribution in [2.24, 2.45) is 11.5 Å². The SMILES string of the molecule is NC(=O)CCC(NC(=O)C(N)Cc1ccccc1)C(=O)NC(CC(=O)O)C(=O)NC(Cc1ccccc1)C(=O)O. The number of carboxylic acids is 2. The second-order valence-corrected chi connectivity index (χ2v) is 9.11. The van der Waals surface area contributed by atoms with Gasteiger partial charge in [-0.2, -0.15) is 0 Å². The molecule has 9 N–H and O–H groups in total. The molecule has 2 aromatic rings. The van der Waals surface area contributed by atoms with E-state index in [0.29, 0.717) is 5.56 Å². The largest absolute Gasteiger partial charge is 0.481 e. The molecule has 2 rings (SSSR count). The minimum absolute atomic E-state index is 0.0910. The summed E-state index contributed by atoms with van der Waals surface area (Å²) in [6, 6.07) is 11.8. The Kier molecular flexibility index (Phi) is 12.3. The zero-order chi connectivity index (χ0) is 29.7. The molecule has 0 heterocycles. The quantitative estimate of drug-likeness (QED) is 0.135. The van der Waals surface area contributed by atoms with Crippen LogP contribution in [0.5, 0.6) is 0 Å². The standard InChI is InChI=1S/C27H33N5O8/c28-18(13-16-7-3-1-4-8-16)24(36)30-19(11-12-22(29)33)25(37)31-20(15-23(34)35)26(38)32-21(27(39)40)14-17-9-5-2-6-10-17/h1-10,18-21H,11-15,28H2,(H2,29,33)(H,30,36)(H,31,37)(H,32,38)(H,34,35)(H,39,40). The summed E-state index contributed by atoms with van der Waals surface area (Å²) in [5.41, 5.74) is 12.5. The first kappa shape index (κ1) is 31.4. The summed E-state index contributed by atoms with van der Waals surface area (Å²) >= 11 is 0. The number of primary amides is 1. The predicted octanol–water partition coefficient (Wildman–Crippen LogP) is -0.922. The molecule has 4 amide bonds. The summed E-state index contributed by atoms with van der Waals surface area (Å²) in [5, 5.41) is 25.8. The van der Waals surface area contributed by atoms with Gasteiger partial charge in [0.25, 0.3) is 0 Å². The van der Waals surface area contributed by atoms with Gasteiger partial charge in [-0.15, -0.1) is 0 Å². The van der Waals surface area contributed by atoms with Crippen molar-refractivity contribution < 1.29 is 39.0 Å². The maximum Gasteiger partial charge on any atom is 0.326 e. The third kappa shape index (κ3) is 10.9. The van der Waals surface area contributed by atoms with Crippen molar-refractivity contribution in [2.75, 3.05) is 0 Å². The predicted molar refractivity (Wildman–Crippen MR) is 142 cm³/mol. The number of hydrogen-bond donors (Lipinski definition) is 7. The van der Waals surface area contributed by atoms with E-state index in [1.807, 2.05) is 0 Å². The van der Waals surface area contributed by atoms with Gasteiger partial charge >= 0.3 is 11.9 Å². The first-order valence-electron chi connectivity index (χ1n) is 12.4. The minimum Gasteiger partial charge on any atom is -0.481 e. The highest BCUT2D eigenvalue weighted by Crippen LogP contribution is 2.07. The highest BCUT2D eigenvalue weighted by Gasteiger charge is 2.32. The molecule has 214 valence electrons. The van der Waals surface area contributed by atoms with Crippen molar-refractivity contribution in [3.05, 3.63) is 71.8 Å². The number of carbonyl (C=O) groups is 6. The first-order chi connectivity index (χ1) is 19.0. The second kappa shape index (κ2) is 15.6. The Labute approximate surface area is 230 Å². The van der Waals surface area contributed by atoms with Crippen LogP contribution in [-0.4, -0.2) is 69.9 Å². The fourth-order valence-corrected chi connectivity index (χ4v) is 3.77. The van der Waals surface area contributed by atoms with Gasteiger partial charge in [0, 0.05) is 12.8 Å². The van der Waals surface area contributed by atoms with E-state index in [9.17, 15) is 39.0 Å². The van der Waals surface area contributed by atoms with Gasteiger partial charge in [-0.25, -0.2) is 4.79 Å². The molecule has 0 aromatic heterocycles. The number of carboxylic acid groups (broad SMARTS) is 2. The van der Waals surface area contributed by atoms with E-state index in [4.69, 9.17) is 11.5 Å². The molecule has 2 aromatic carbocycles. The third-order valence-electron chi connectivity index (χ3n) is 5.86. The Balaban J connectivity index is 2.14. The molecule has 0 spiro atoms. The van der Waals surface area contributed by atoms with Crippen LogP contribution >= 0.6 is 0 Å². The van der Waals surface area contributed by atoms with Crippen molar-refractivity contribution in [3.63, 3.8) is 0 Å². The molecule has 0 fully saturated rings. The van der Waals surface area contributed by atoms with Gasteiger partial charge in [0.05, 0.1) is 12.5 Å². The van der Waals surface area contributed by atoms with Gasteiger partial charge in [0.15, 0.2) is 0 Å². The molecule has 13 heteroatoms. The molecule has 0 aliphatic heterocycles. The summed E-state index contributed by atoms with van der Waals surface area (Å²) in [5.74, 6) is -6.32. The molecule has 0 saturated heterocycles. The number of rotatable bonds is 16. The Bertz CT molecular complexity index is 1190. The van der Waals surface area contributed by atoms with Crippen LogP contribution in [0.1, 0.15) is 30.4 Å². The van der Waals surface area contributed by atoms with Crippen molar-refractivity contribution in [2.45, 2.75) is 56.3 Å². The van der Waals surface area contributed by atoms with Gasteiger partial charge in [0.2, 0.25) is 23.6 Å². The third-order valence-corrected chi connectivity index (χ3v) is 5.86. The molecule has 13 nitrogen and oxygen atoms in total. The summed E-state index contributed by atoms with van der Waals surface area (Å²) < 4.78 is 0. The normalized spacial score (nSPS) is 13.6. The van der Waals surface area contributed by atoms with Gasteiger partial charge in [-0.05, 0) is 24.0 Å². The number of carbonyl (C=O) groups excluding carboxylic acids is 4. The molecule has 0 saturated carbocycles. The molecular formula is C27H33N5O8. The Hall–Kier alpha value is -4.78. The number of hydrogen-bond acceptors (Lipinski definition) is 7. The number of benzene rings is 2. The van der Waals surface area contributed by atoms with Crippen LogP contribution < -0.4 is 27.4 Å². The summed E-state index contributed by atoms with van der Waals surface area (Å²) in [4.78, 5) is 73.3. The molecule has 0 aliphatic carbocycles. The zero-order valence-corrected chi connectivity index (χ0v) is 21.6. The van der Waals surface area contributed by atoms with Gasteiger partial charge in [-0.1, -0.05) is 60.7 Å². The maximum absolute atomic E-state index is 13.1. The molecule has 0 radical (unpaired) electrons. The van der Waals surface area contributed by atoms with Gasteiger partial charge in [-0.3, -0.25) is 24.0 Å². The van der Waals surface area contributed by atoms with E-state index in [-0.39, 0.29) is 25.7 Å². The minimum atomic E-state index is -1.69. The van der Waals surface area contributed by atoms with Gasteiger partial charge < -0.3 is 37.6 Å². The number of amides is 4. The average Bonchev–Trinajstić information content (AvgIpc) is 2.90. The average molecular weight is 556 g/mol. The molecule has 0 bridgehead atoms. The lowest BCUT2D eigenvalue weighted by molar-refractivity contribution is -0.143. The lowest BCUT2D eigenvalue weighted by Crippen LogP contribution is -2.58. The summed E-state index contributed by atoms with van der Waals surface area (Å²) in [6.45, 7) is 0. The van der Waals surface area contributed by atoms with Gasteiger partial charge in [0.1, 0.15) is 18.1 Å². The van der Waals surface area contributed by atoms with E-state index >= 15 is 0 Å². The van der Waals surface area contributed by atoms with E-state index in [0.717, 1.165) is 5.56 Å². The first-order valence-corrected chi connectivity index (χ1v) is 12.4. The molecule has 40 heavy (non-hydrogen) atoms. The lowest BCUT2D eigenvalue weighted by Gasteiger charge is -2.24. The highest BCUT2D eigenvalue weighted by molar-refractivity contribution is 5.95. The molecule has 4 atom stereocenters. The Morgan fingerprint density at radius 3 is 1.65 bits per heavy atom. The monoisotopic (exact) mass is 555 g/mol. The van der Waals surface area contributed by atoms with Crippen LogP contribution in [0.25, 0.3) is 0 Å². The zero-order valence-electron chi connectivity index (χ0n) is 21.6. The number of aliphatic carboxylic acids is 2. The van der Waals surface area contributed by atoms with Crippen LogP contribution in [0.2, 0.25) is 0 Å². The van der Waals surface area contributed by atoms with E-state index < -0.39 is 66.2 Å². The number of nitrogens with one attached hydrogen (secondary N) is 3. The van der Waals surface area contributed by atoms with E-state index in [1.54, 1.807) is 60.7 Å². The Morgan fingerprint density at radius 1 is 0.675 bits per heavy atom. The molecule has 4 unspecified atom stereocenters. The fraction of sp³-hybridized carbons (Fsp3) is 0.333. The highest BCUT2D eigenvalue weighted by atomic mass is 16.4. The van der Waals surface area contributed by atoms with Crippen LogP contribution in [0.3, 0.4) is 0 Å². The smallest absolute Gasteiger partial charge is 0.326 e. The van der Waals surface area contributed by atoms with Crippen LogP contribution in [0, 0.1) is 0 Å². The maximum atomic E-state index is 13.1. The molecular weight excluding hydrogens is 522 g/mol. The topological polar surface area (TPSA) is 231 Å². The van der Waals surface area contributed by atoms with Crippen molar-refractivity contribution in [1.82, 2.24) is 16.0 Å². The molecule has 0 aliphatic rings. The summed E-state index contributed by atoms with van der Waals surface area (Å²) in [7, 11) is 0. The summed E-state index contributed by atoms with van der Waals surface area (Å²) in [6.07, 6.45) is -1.37. The van der Waals surface area contributed by atoms with E-state index in [1.165, 1.54) is 0 Å². The van der Waals surface area contributed by atoms with Crippen LogP contribution in [-0.2, 0) is 41.6 Å². The van der Waals surface area contributed by atoms with E-state index in [2.05, 4.69) is 16.0 Å². The van der Waals surface area contributed by atoms with Crippen molar-refractivity contribution >= 4 is 35.6 Å². The van der Waals surface area contributed by atoms with Crippen LogP contribution in [0.4, 0.5) is 0 Å². The fourth-order valence-electron chi connectivity index (χ4n) is 3.77. The number of nitrogens with two attached hydrogens (primary N) is 2. The Morgan fingerprint density at radius 2 is 1.15 bits per heavy atom. The van der Waals surface area contributed by atoms with Crippen molar-refractivity contribution in [3.8, 4) is 0 Å².